The first-order valence-electron chi connectivity index (χ1n) is 7.38. The van der Waals surface area contributed by atoms with E-state index < -0.39 is 9.84 Å². The van der Waals surface area contributed by atoms with Crippen LogP contribution in [0, 0.1) is 5.92 Å². The normalized spacial score (nSPS) is 25.3. The van der Waals surface area contributed by atoms with Gasteiger partial charge in [0.1, 0.15) is 0 Å². The highest BCUT2D eigenvalue weighted by atomic mass is 32.2. The number of carbonyl (C=O) groups is 1. The summed E-state index contributed by atoms with van der Waals surface area (Å²) >= 11 is 0. The van der Waals surface area contributed by atoms with Crippen LogP contribution in [0.5, 0.6) is 0 Å². The Morgan fingerprint density at radius 3 is 2.50 bits per heavy atom. The van der Waals surface area contributed by atoms with Crippen molar-refractivity contribution in [2.24, 2.45) is 5.92 Å². The summed E-state index contributed by atoms with van der Waals surface area (Å²) in [5.41, 5.74) is 1.99. The van der Waals surface area contributed by atoms with E-state index in [1.807, 2.05) is 18.2 Å². The molecule has 1 aliphatic carbocycles. The lowest BCUT2D eigenvalue weighted by molar-refractivity contribution is 0.0963. The van der Waals surface area contributed by atoms with E-state index in [0.717, 1.165) is 5.56 Å². The van der Waals surface area contributed by atoms with E-state index >= 15 is 0 Å². The van der Waals surface area contributed by atoms with Gasteiger partial charge in [-0.05, 0) is 36.7 Å². The summed E-state index contributed by atoms with van der Waals surface area (Å²) < 4.78 is 23.0. The van der Waals surface area contributed by atoms with Crippen molar-refractivity contribution in [1.29, 1.82) is 0 Å². The highest BCUT2D eigenvalue weighted by Gasteiger charge is 2.31. The van der Waals surface area contributed by atoms with Gasteiger partial charge in [0.2, 0.25) is 0 Å². The van der Waals surface area contributed by atoms with Gasteiger partial charge in [0.15, 0.2) is 15.6 Å². The van der Waals surface area contributed by atoms with Crippen LogP contribution in [0.4, 0.5) is 0 Å². The van der Waals surface area contributed by atoms with Crippen molar-refractivity contribution in [3.05, 3.63) is 35.4 Å². The number of ketones is 1. The molecule has 1 saturated heterocycles. The van der Waals surface area contributed by atoms with Crippen LogP contribution < -0.4 is 0 Å². The second kappa shape index (κ2) is 5.32. The van der Waals surface area contributed by atoms with Gasteiger partial charge in [0, 0.05) is 12.0 Å². The molecule has 20 heavy (non-hydrogen) atoms. The molecule has 1 atom stereocenters. The van der Waals surface area contributed by atoms with Gasteiger partial charge in [0.25, 0.3) is 0 Å². The Kier molecular flexibility index (Phi) is 3.67. The maximum Gasteiger partial charge on any atom is 0.163 e. The number of sulfone groups is 1. The van der Waals surface area contributed by atoms with Gasteiger partial charge in [-0.1, -0.05) is 30.7 Å². The Hall–Kier alpha value is -1.16. The molecular weight excluding hydrogens is 272 g/mol. The standard InChI is InChI=1S/C16H20O3S/c17-16(10-12-8-9-20(18,19)11-12)15-7-2-1-6-14(15)13-4-3-5-13/h1-2,6-7,12-13H,3-5,8-11H2. The molecule has 0 bridgehead atoms. The molecule has 1 saturated carbocycles. The van der Waals surface area contributed by atoms with Crippen LogP contribution in [0.3, 0.4) is 0 Å². The molecule has 0 amide bonds. The van der Waals surface area contributed by atoms with Crippen molar-refractivity contribution in [2.75, 3.05) is 11.5 Å². The first-order valence-corrected chi connectivity index (χ1v) is 9.20. The van der Waals surface area contributed by atoms with Crippen molar-refractivity contribution < 1.29 is 13.2 Å². The minimum absolute atomic E-state index is 0.0157. The zero-order valence-electron chi connectivity index (χ0n) is 11.5. The Bertz CT molecular complexity index is 614. The quantitative estimate of drug-likeness (QED) is 0.802. The molecule has 0 N–H and O–H groups in total. The average molecular weight is 292 g/mol. The van der Waals surface area contributed by atoms with Crippen molar-refractivity contribution in [3.8, 4) is 0 Å². The lowest BCUT2D eigenvalue weighted by atomic mass is 9.77. The molecule has 2 aliphatic rings. The summed E-state index contributed by atoms with van der Waals surface area (Å²) in [5.74, 6) is 1.10. The third-order valence-electron chi connectivity index (χ3n) is 4.61. The van der Waals surface area contributed by atoms with Gasteiger partial charge in [-0.25, -0.2) is 8.42 Å². The smallest absolute Gasteiger partial charge is 0.163 e. The number of hydrogen-bond acceptors (Lipinski definition) is 3. The fourth-order valence-corrected chi connectivity index (χ4v) is 5.09. The molecule has 0 radical (unpaired) electrons. The van der Waals surface area contributed by atoms with Gasteiger partial charge in [-0.3, -0.25) is 4.79 Å². The van der Waals surface area contributed by atoms with Crippen LogP contribution >= 0.6 is 0 Å². The minimum Gasteiger partial charge on any atom is -0.294 e. The van der Waals surface area contributed by atoms with E-state index in [0.29, 0.717) is 18.8 Å². The van der Waals surface area contributed by atoms with E-state index in [4.69, 9.17) is 0 Å². The number of hydrogen-bond donors (Lipinski definition) is 0. The maximum atomic E-state index is 12.5. The summed E-state index contributed by atoms with van der Waals surface area (Å²) in [6, 6.07) is 7.85. The minimum atomic E-state index is -2.90. The predicted molar refractivity (Wildman–Crippen MR) is 78.7 cm³/mol. The van der Waals surface area contributed by atoms with Crippen molar-refractivity contribution in [1.82, 2.24) is 0 Å². The second-order valence-corrected chi connectivity index (χ2v) is 8.34. The molecule has 4 heteroatoms. The number of Topliss-reactive ketones (excluding diaryl/α,β-unsaturated/α-hetero) is 1. The average Bonchev–Trinajstić information content (AvgIpc) is 2.67. The number of carbonyl (C=O) groups excluding carboxylic acids is 1. The highest BCUT2D eigenvalue weighted by molar-refractivity contribution is 7.91. The van der Waals surface area contributed by atoms with E-state index in [2.05, 4.69) is 6.07 Å². The molecule has 1 aromatic carbocycles. The lowest BCUT2D eigenvalue weighted by Gasteiger charge is -2.27. The van der Waals surface area contributed by atoms with E-state index in [1.165, 1.54) is 24.8 Å². The van der Waals surface area contributed by atoms with Crippen LogP contribution in [0.2, 0.25) is 0 Å². The van der Waals surface area contributed by atoms with E-state index in [-0.39, 0.29) is 23.2 Å². The Morgan fingerprint density at radius 2 is 1.90 bits per heavy atom. The fraction of sp³-hybridized carbons (Fsp3) is 0.562. The number of benzene rings is 1. The number of rotatable bonds is 4. The van der Waals surface area contributed by atoms with Crippen molar-refractivity contribution >= 4 is 15.6 Å². The maximum absolute atomic E-state index is 12.5. The molecular formula is C16H20O3S. The van der Waals surface area contributed by atoms with E-state index in [1.54, 1.807) is 0 Å². The van der Waals surface area contributed by atoms with Gasteiger partial charge in [-0.2, -0.15) is 0 Å². The SMILES string of the molecule is O=C(CC1CCS(=O)(=O)C1)c1ccccc1C1CCC1. The molecule has 3 nitrogen and oxygen atoms in total. The van der Waals surface area contributed by atoms with E-state index in [9.17, 15) is 13.2 Å². The second-order valence-electron chi connectivity index (χ2n) is 6.11. The zero-order chi connectivity index (χ0) is 14.2. The molecule has 0 spiro atoms. The monoisotopic (exact) mass is 292 g/mol. The summed E-state index contributed by atoms with van der Waals surface area (Å²) in [7, 11) is -2.90. The molecule has 108 valence electrons. The summed E-state index contributed by atoms with van der Waals surface area (Å²) in [6.07, 6.45) is 4.60. The fourth-order valence-electron chi connectivity index (χ4n) is 3.23. The third kappa shape index (κ3) is 2.80. The zero-order valence-corrected chi connectivity index (χ0v) is 12.4. The molecule has 1 aliphatic heterocycles. The molecule has 2 fully saturated rings. The first-order chi connectivity index (χ1) is 9.55. The van der Waals surface area contributed by atoms with Crippen molar-refractivity contribution in [3.63, 3.8) is 0 Å². The van der Waals surface area contributed by atoms with Crippen LogP contribution in [-0.2, 0) is 9.84 Å². The Balaban J connectivity index is 1.74. The lowest BCUT2D eigenvalue weighted by Crippen LogP contribution is -2.16. The Morgan fingerprint density at radius 1 is 1.15 bits per heavy atom. The topological polar surface area (TPSA) is 51.2 Å². The molecule has 1 heterocycles. The van der Waals surface area contributed by atoms with Crippen LogP contribution in [0.25, 0.3) is 0 Å². The molecule has 3 rings (SSSR count). The van der Waals surface area contributed by atoms with Crippen LogP contribution in [0.15, 0.2) is 24.3 Å². The van der Waals surface area contributed by atoms with Crippen LogP contribution in [0.1, 0.15) is 53.9 Å². The summed E-state index contributed by atoms with van der Waals surface area (Å²) in [4.78, 5) is 12.5. The Labute approximate surface area is 120 Å². The molecule has 0 aromatic heterocycles. The third-order valence-corrected chi connectivity index (χ3v) is 6.44. The van der Waals surface area contributed by atoms with Crippen LogP contribution in [-0.4, -0.2) is 25.7 Å². The summed E-state index contributed by atoms with van der Waals surface area (Å²) in [5, 5.41) is 0. The van der Waals surface area contributed by atoms with Crippen molar-refractivity contribution in [2.45, 2.75) is 38.0 Å². The van der Waals surface area contributed by atoms with Gasteiger partial charge < -0.3 is 0 Å². The van der Waals surface area contributed by atoms with Gasteiger partial charge in [0.05, 0.1) is 11.5 Å². The molecule has 1 unspecified atom stereocenters. The highest BCUT2D eigenvalue weighted by Crippen LogP contribution is 2.38. The largest absolute Gasteiger partial charge is 0.294 e. The van der Waals surface area contributed by atoms with Gasteiger partial charge in [-0.15, -0.1) is 0 Å². The van der Waals surface area contributed by atoms with Gasteiger partial charge >= 0.3 is 0 Å². The molecule has 1 aromatic rings. The predicted octanol–water partition coefficient (Wildman–Crippen LogP) is 2.96. The first kappa shape index (κ1) is 13.8. The summed E-state index contributed by atoms with van der Waals surface area (Å²) in [6.45, 7) is 0.